The van der Waals surface area contributed by atoms with Crippen molar-refractivity contribution in [1.29, 1.82) is 0 Å². The molecule has 0 saturated carbocycles. The van der Waals surface area contributed by atoms with E-state index in [9.17, 15) is 9.59 Å². The Balaban J connectivity index is 1.56. The smallest absolute Gasteiger partial charge is 0.246 e. The lowest BCUT2D eigenvalue weighted by atomic mass is 9.89. The van der Waals surface area contributed by atoms with Crippen LogP contribution in [0.15, 0.2) is 53.0 Å². The summed E-state index contributed by atoms with van der Waals surface area (Å²) in [5, 5.41) is 0. The lowest BCUT2D eigenvalue weighted by Crippen LogP contribution is -2.39. The van der Waals surface area contributed by atoms with Crippen LogP contribution in [-0.2, 0) is 4.79 Å². The van der Waals surface area contributed by atoms with Gasteiger partial charge in [0.15, 0.2) is 5.78 Å². The van der Waals surface area contributed by atoms with E-state index in [1.807, 2.05) is 36.1 Å². The second kappa shape index (κ2) is 9.20. The molecule has 1 saturated heterocycles. The number of carbonyl (C=O) groups is 2. The number of benzene rings is 2. The van der Waals surface area contributed by atoms with E-state index in [2.05, 4.69) is 15.9 Å². The Hall–Kier alpha value is -2.40. The van der Waals surface area contributed by atoms with Crippen LogP contribution in [0.1, 0.15) is 34.3 Å². The summed E-state index contributed by atoms with van der Waals surface area (Å²) < 4.78 is 6.11. The molecule has 0 N–H and O–H groups in total. The first-order valence-electron chi connectivity index (χ1n) is 9.39. The number of halogens is 1. The third-order valence-electron chi connectivity index (χ3n) is 5.11. The van der Waals surface area contributed by atoms with Crippen LogP contribution in [-0.4, -0.2) is 36.8 Å². The van der Waals surface area contributed by atoms with Crippen LogP contribution in [0.5, 0.6) is 5.75 Å². The second-order valence-electron chi connectivity index (χ2n) is 7.05. The Morgan fingerprint density at radius 3 is 2.39 bits per heavy atom. The molecular formula is C23H24BrNO3. The maximum atomic E-state index is 12.7. The number of methoxy groups -OCH3 is 1. The van der Waals surface area contributed by atoms with Crippen LogP contribution in [0.2, 0.25) is 0 Å². The number of likely N-dealkylation sites (tertiary alicyclic amines) is 1. The number of hydrogen-bond donors (Lipinski definition) is 0. The Morgan fingerprint density at radius 2 is 1.79 bits per heavy atom. The second-order valence-corrected chi connectivity index (χ2v) is 7.90. The lowest BCUT2D eigenvalue weighted by Gasteiger charge is -2.30. The first-order chi connectivity index (χ1) is 13.5. The van der Waals surface area contributed by atoms with Gasteiger partial charge in [-0.2, -0.15) is 0 Å². The van der Waals surface area contributed by atoms with Crippen molar-refractivity contribution < 1.29 is 14.3 Å². The van der Waals surface area contributed by atoms with Gasteiger partial charge in [0.1, 0.15) is 5.75 Å². The highest BCUT2D eigenvalue weighted by Gasteiger charge is 2.27. The number of nitrogens with zero attached hydrogens (tertiary/aromatic N) is 1. The highest BCUT2D eigenvalue weighted by molar-refractivity contribution is 9.10. The molecule has 2 aromatic carbocycles. The van der Waals surface area contributed by atoms with Gasteiger partial charge in [0.05, 0.1) is 7.11 Å². The molecule has 3 rings (SSSR count). The van der Waals surface area contributed by atoms with E-state index < -0.39 is 0 Å². The van der Waals surface area contributed by atoms with Crippen LogP contribution < -0.4 is 4.74 Å². The third kappa shape index (κ3) is 4.90. The van der Waals surface area contributed by atoms with Crippen molar-refractivity contribution in [2.75, 3.05) is 20.2 Å². The summed E-state index contributed by atoms with van der Waals surface area (Å²) >= 11 is 3.53. The van der Waals surface area contributed by atoms with Gasteiger partial charge in [-0.25, -0.2) is 0 Å². The highest BCUT2D eigenvalue weighted by Crippen LogP contribution is 2.24. The molecule has 0 unspecified atom stereocenters. The van der Waals surface area contributed by atoms with Crippen LogP contribution in [0, 0.1) is 12.8 Å². The molecule has 1 amide bonds. The van der Waals surface area contributed by atoms with E-state index in [4.69, 9.17) is 4.74 Å². The predicted octanol–water partition coefficient (Wildman–Crippen LogP) is 4.90. The molecule has 1 heterocycles. The molecule has 4 nitrogen and oxygen atoms in total. The van der Waals surface area contributed by atoms with Gasteiger partial charge in [-0.15, -0.1) is 0 Å². The Labute approximate surface area is 174 Å². The first kappa shape index (κ1) is 20.3. The minimum absolute atomic E-state index is 0.0113. The van der Waals surface area contributed by atoms with E-state index in [1.54, 1.807) is 37.5 Å². The van der Waals surface area contributed by atoms with Crippen molar-refractivity contribution in [1.82, 2.24) is 4.90 Å². The fraction of sp³-hybridized carbons (Fsp3) is 0.304. The molecule has 0 radical (unpaired) electrons. The van der Waals surface area contributed by atoms with Crippen LogP contribution in [0.4, 0.5) is 0 Å². The molecule has 1 aliphatic rings. The number of Topliss-reactive ketones (excluding diaryl/α,β-unsaturated/α-hetero) is 1. The zero-order valence-corrected chi connectivity index (χ0v) is 17.7. The van der Waals surface area contributed by atoms with Gasteiger partial charge in [-0.3, -0.25) is 9.59 Å². The minimum Gasteiger partial charge on any atom is -0.497 e. The molecule has 146 valence electrons. The molecule has 1 aliphatic heterocycles. The molecule has 2 aromatic rings. The quantitative estimate of drug-likeness (QED) is 0.489. The summed E-state index contributed by atoms with van der Waals surface area (Å²) in [7, 11) is 1.61. The van der Waals surface area contributed by atoms with E-state index >= 15 is 0 Å². The summed E-state index contributed by atoms with van der Waals surface area (Å²) in [6, 6.07) is 13.3. The van der Waals surface area contributed by atoms with Crippen molar-refractivity contribution >= 4 is 33.7 Å². The summed E-state index contributed by atoms with van der Waals surface area (Å²) in [4.78, 5) is 27.0. The van der Waals surface area contributed by atoms with Gasteiger partial charge >= 0.3 is 0 Å². The largest absolute Gasteiger partial charge is 0.497 e. The van der Waals surface area contributed by atoms with Gasteiger partial charge < -0.3 is 9.64 Å². The number of ether oxygens (including phenoxy) is 1. The Bertz CT molecular complexity index is 881. The molecule has 0 bridgehead atoms. The summed E-state index contributed by atoms with van der Waals surface area (Å²) in [6.07, 6.45) is 4.83. The molecule has 0 spiro atoms. The van der Waals surface area contributed by atoms with Crippen molar-refractivity contribution in [3.8, 4) is 5.75 Å². The van der Waals surface area contributed by atoms with Gasteiger partial charge in [0, 0.05) is 35.1 Å². The van der Waals surface area contributed by atoms with Gasteiger partial charge in [0.2, 0.25) is 5.91 Å². The van der Waals surface area contributed by atoms with Crippen LogP contribution in [0.25, 0.3) is 6.08 Å². The van der Waals surface area contributed by atoms with E-state index in [-0.39, 0.29) is 17.6 Å². The number of carbonyl (C=O) groups excluding carboxylic acids is 2. The lowest BCUT2D eigenvalue weighted by molar-refractivity contribution is -0.127. The first-order valence-corrected chi connectivity index (χ1v) is 10.2. The average molecular weight is 442 g/mol. The fourth-order valence-corrected chi connectivity index (χ4v) is 4.01. The topological polar surface area (TPSA) is 46.6 Å². The third-order valence-corrected chi connectivity index (χ3v) is 5.80. The monoisotopic (exact) mass is 441 g/mol. The molecule has 1 fully saturated rings. The fourth-order valence-electron chi connectivity index (χ4n) is 3.39. The SMILES string of the molecule is COc1ccc(C(=O)C2CCN(C(=O)/C=C/c3ccc(C)cc3Br)CC2)cc1. The zero-order valence-electron chi connectivity index (χ0n) is 16.2. The van der Waals surface area contributed by atoms with E-state index in [1.165, 1.54) is 5.56 Å². The molecule has 0 aliphatic carbocycles. The van der Waals surface area contributed by atoms with E-state index in [0.717, 1.165) is 15.8 Å². The molecule has 0 aromatic heterocycles. The van der Waals surface area contributed by atoms with Gasteiger partial charge in [-0.1, -0.05) is 28.1 Å². The highest BCUT2D eigenvalue weighted by atomic mass is 79.9. The van der Waals surface area contributed by atoms with Crippen molar-refractivity contribution in [2.24, 2.45) is 5.92 Å². The number of piperidine rings is 1. The number of ketones is 1. The average Bonchev–Trinajstić information content (AvgIpc) is 2.72. The minimum atomic E-state index is -0.0346. The normalized spacial score (nSPS) is 15.0. The standard InChI is InChI=1S/C23H24BrNO3/c1-16-3-4-17(21(24)15-16)7-10-22(26)25-13-11-19(12-14-25)23(27)18-5-8-20(28-2)9-6-18/h3-10,15,19H,11-14H2,1-2H3/b10-7+. The van der Waals surface area contributed by atoms with Crippen LogP contribution in [0.3, 0.4) is 0 Å². The number of amides is 1. The Morgan fingerprint density at radius 1 is 1.11 bits per heavy atom. The van der Waals surface area contributed by atoms with Crippen molar-refractivity contribution in [3.05, 3.63) is 69.7 Å². The van der Waals surface area contributed by atoms with Gasteiger partial charge in [0.25, 0.3) is 0 Å². The number of rotatable bonds is 5. The van der Waals surface area contributed by atoms with Crippen LogP contribution >= 0.6 is 15.9 Å². The molecule has 28 heavy (non-hydrogen) atoms. The number of hydrogen-bond acceptors (Lipinski definition) is 3. The molecule has 5 heteroatoms. The van der Waals surface area contributed by atoms with Crippen molar-refractivity contribution in [3.63, 3.8) is 0 Å². The summed E-state index contributed by atoms with van der Waals surface area (Å²) in [5.74, 6) is 0.841. The Kier molecular flexibility index (Phi) is 6.68. The van der Waals surface area contributed by atoms with Gasteiger partial charge in [-0.05, 0) is 67.3 Å². The zero-order chi connectivity index (χ0) is 20.1. The summed E-state index contributed by atoms with van der Waals surface area (Å²) in [5.41, 5.74) is 2.84. The molecular weight excluding hydrogens is 418 g/mol. The van der Waals surface area contributed by atoms with E-state index in [0.29, 0.717) is 31.5 Å². The predicted molar refractivity (Wildman–Crippen MR) is 115 cm³/mol. The maximum Gasteiger partial charge on any atom is 0.246 e. The maximum absolute atomic E-state index is 12.7. The summed E-state index contributed by atoms with van der Waals surface area (Å²) in [6.45, 7) is 3.23. The molecule has 0 atom stereocenters. The van der Waals surface area contributed by atoms with Crippen molar-refractivity contribution in [2.45, 2.75) is 19.8 Å². The number of aryl methyl sites for hydroxylation is 1.